The number of fused-ring (bicyclic) bond motifs is 1. The molecular weight excluding hydrogens is 286 g/mol. The quantitative estimate of drug-likeness (QED) is 0.818. The number of benzene rings is 1. The van der Waals surface area contributed by atoms with Gasteiger partial charge in [-0.15, -0.1) is 11.3 Å². The van der Waals surface area contributed by atoms with E-state index in [0.29, 0.717) is 5.78 Å². The van der Waals surface area contributed by atoms with Gasteiger partial charge in [0.15, 0.2) is 0 Å². The van der Waals surface area contributed by atoms with E-state index in [9.17, 15) is 4.79 Å². The number of thiazole rings is 1. The number of hydrogen-bond acceptors (Lipinski definition) is 4. The smallest absolute Gasteiger partial charge is 0.148 e. The molecule has 2 nitrogen and oxygen atoms in total. The summed E-state index contributed by atoms with van der Waals surface area (Å²) >= 11 is 6.14. The largest absolute Gasteiger partial charge is 0.298 e. The van der Waals surface area contributed by atoms with Crippen molar-refractivity contribution in [3.8, 4) is 0 Å². The molecule has 1 aliphatic rings. The second kappa shape index (κ2) is 7.23. The predicted molar refractivity (Wildman–Crippen MR) is 89.7 cm³/mol. The summed E-state index contributed by atoms with van der Waals surface area (Å²) in [5.41, 5.74) is 2.97. The van der Waals surface area contributed by atoms with Crippen LogP contribution >= 0.6 is 24.0 Å². The Morgan fingerprint density at radius 2 is 2.20 bits per heavy atom. The number of rotatable bonds is 3. The second-order valence-corrected chi connectivity index (χ2v) is 6.97. The number of nitrogens with zero attached hydrogens (tertiary/aromatic N) is 1. The summed E-state index contributed by atoms with van der Waals surface area (Å²) in [7, 11) is 0. The van der Waals surface area contributed by atoms with E-state index in [2.05, 4.69) is 30.6 Å². The number of unbranched alkanes of at least 4 members (excludes halogenated alkanes) is 1. The van der Waals surface area contributed by atoms with Gasteiger partial charge < -0.3 is 0 Å². The molecule has 0 saturated heterocycles. The average molecular weight is 307 g/mol. The third-order valence-corrected chi connectivity index (χ3v) is 5.20. The van der Waals surface area contributed by atoms with Gasteiger partial charge in [-0.1, -0.05) is 31.9 Å². The highest BCUT2D eigenvalue weighted by Gasteiger charge is 2.37. The van der Waals surface area contributed by atoms with E-state index in [1.165, 1.54) is 4.70 Å². The summed E-state index contributed by atoms with van der Waals surface area (Å²) in [5.74, 6) is 0.370. The van der Waals surface area contributed by atoms with Gasteiger partial charge in [0.25, 0.3) is 0 Å². The molecule has 1 heterocycles. The number of hydrogen-bond donors (Lipinski definition) is 1. The molecule has 1 unspecified atom stereocenters. The van der Waals surface area contributed by atoms with Crippen molar-refractivity contribution in [1.82, 2.24) is 4.98 Å². The average Bonchev–Trinajstić information content (AvgIpc) is 3.05. The van der Waals surface area contributed by atoms with Crippen LogP contribution in [0.15, 0.2) is 29.8 Å². The number of aromatic nitrogens is 1. The highest BCUT2D eigenvalue weighted by atomic mass is 32.1. The van der Waals surface area contributed by atoms with Crippen LogP contribution in [-0.4, -0.2) is 15.5 Å². The molecule has 1 aromatic heterocycles. The molecule has 0 bridgehead atoms. The lowest BCUT2D eigenvalue weighted by molar-refractivity contribution is -0.119. The van der Waals surface area contributed by atoms with E-state index in [4.69, 9.17) is 0 Å². The molecule has 0 amide bonds. The van der Waals surface area contributed by atoms with Crippen LogP contribution in [0, 0.1) is 0 Å². The molecule has 4 heteroatoms. The maximum atomic E-state index is 11.3. The van der Waals surface area contributed by atoms with Crippen molar-refractivity contribution in [1.29, 1.82) is 0 Å². The van der Waals surface area contributed by atoms with Crippen LogP contribution in [-0.2, 0) is 4.79 Å². The monoisotopic (exact) mass is 307 g/mol. The Morgan fingerprint density at radius 3 is 2.85 bits per heavy atom. The molecule has 1 atom stereocenters. The molecule has 0 radical (unpaired) electrons. The van der Waals surface area contributed by atoms with E-state index < -0.39 is 0 Å². The van der Waals surface area contributed by atoms with Crippen molar-refractivity contribution in [3.63, 3.8) is 0 Å². The zero-order valence-electron chi connectivity index (χ0n) is 11.8. The van der Waals surface area contributed by atoms with Crippen molar-refractivity contribution in [2.24, 2.45) is 0 Å². The first-order chi connectivity index (χ1) is 9.65. The van der Waals surface area contributed by atoms with Crippen LogP contribution in [0.4, 0.5) is 0 Å². The van der Waals surface area contributed by atoms with Gasteiger partial charge in [-0.3, -0.25) is 4.79 Å². The first kappa shape index (κ1) is 15.5. The molecule has 1 aliphatic carbocycles. The number of carbonyl (C=O) groups excluding carboxylic acids is 1. The summed E-state index contributed by atoms with van der Waals surface area (Å²) in [5, 5.41) is 0. The number of thiol groups is 1. The Morgan fingerprint density at radius 1 is 1.40 bits per heavy atom. The molecule has 0 N–H and O–H groups in total. The Bertz CT molecular complexity index is 536. The van der Waals surface area contributed by atoms with Gasteiger partial charge in [0.05, 0.1) is 20.5 Å². The van der Waals surface area contributed by atoms with Crippen molar-refractivity contribution >= 4 is 40.0 Å². The van der Waals surface area contributed by atoms with Crippen molar-refractivity contribution in [3.05, 3.63) is 29.8 Å². The predicted octanol–water partition coefficient (Wildman–Crippen LogP) is 4.89. The van der Waals surface area contributed by atoms with Crippen LogP contribution in [0.3, 0.4) is 0 Å². The lowest BCUT2D eigenvalue weighted by Crippen LogP contribution is -2.26. The Labute approximate surface area is 130 Å². The van der Waals surface area contributed by atoms with Gasteiger partial charge in [0.2, 0.25) is 0 Å². The van der Waals surface area contributed by atoms with Gasteiger partial charge in [0.1, 0.15) is 5.78 Å². The third kappa shape index (κ3) is 3.83. The molecule has 108 valence electrons. The van der Waals surface area contributed by atoms with Crippen molar-refractivity contribution in [2.45, 2.75) is 50.2 Å². The Balaban J connectivity index is 0.000000149. The molecule has 0 aliphatic heterocycles. The minimum absolute atomic E-state index is 0.240. The number of Topliss-reactive ketones (excluding diaryl/α,β-unsaturated/α-hetero) is 1. The Kier molecular flexibility index (Phi) is 5.61. The maximum Gasteiger partial charge on any atom is 0.148 e. The zero-order valence-corrected chi connectivity index (χ0v) is 13.6. The number of carbonyl (C=O) groups is 1. The molecule has 1 aromatic carbocycles. The first-order valence-corrected chi connectivity index (χ1v) is 8.52. The van der Waals surface area contributed by atoms with Gasteiger partial charge in [-0.2, -0.15) is 12.6 Å². The zero-order chi connectivity index (χ0) is 14.4. The standard InChI is InChI=1S/C9H16OS.C7H5NS/c1-2-3-6-9(11)7-4-5-8(9)10;1-2-4-7-6(3-1)8-5-9-7/h11H,2-7H2,1H3;1-5H. The fourth-order valence-electron chi connectivity index (χ4n) is 2.45. The SMILES string of the molecule is CCCCC1(S)CCCC1=O.c1ccc2scnc2c1. The highest BCUT2D eigenvalue weighted by Crippen LogP contribution is 2.36. The normalized spacial score (nSPS) is 21.8. The summed E-state index contributed by atoms with van der Waals surface area (Å²) in [6, 6.07) is 8.13. The number of ketones is 1. The van der Waals surface area contributed by atoms with E-state index >= 15 is 0 Å². The highest BCUT2D eigenvalue weighted by molar-refractivity contribution is 7.82. The van der Waals surface area contributed by atoms with E-state index in [1.807, 2.05) is 23.7 Å². The van der Waals surface area contributed by atoms with Crippen LogP contribution < -0.4 is 0 Å². The van der Waals surface area contributed by atoms with Crippen LogP contribution in [0.1, 0.15) is 45.4 Å². The summed E-state index contributed by atoms with van der Waals surface area (Å²) < 4.78 is 1.02. The topological polar surface area (TPSA) is 30.0 Å². The van der Waals surface area contributed by atoms with Crippen molar-refractivity contribution in [2.75, 3.05) is 0 Å². The maximum absolute atomic E-state index is 11.3. The van der Waals surface area contributed by atoms with Crippen molar-refractivity contribution < 1.29 is 4.79 Å². The van der Waals surface area contributed by atoms with E-state index in [-0.39, 0.29) is 4.75 Å². The van der Waals surface area contributed by atoms with Gasteiger partial charge in [0, 0.05) is 6.42 Å². The minimum atomic E-state index is -0.240. The molecule has 20 heavy (non-hydrogen) atoms. The van der Waals surface area contributed by atoms with Crippen LogP contribution in [0.2, 0.25) is 0 Å². The van der Waals surface area contributed by atoms with Crippen LogP contribution in [0.5, 0.6) is 0 Å². The molecule has 1 saturated carbocycles. The molecule has 2 aromatic rings. The summed E-state index contributed by atoms with van der Waals surface area (Å²) in [4.78, 5) is 15.5. The molecule has 0 spiro atoms. The number of para-hydroxylation sites is 1. The molecule has 1 fully saturated rings. The van der Waals surface area contributed by atoms with E-state index in [0.717, 1.165) is 44.0 Å². The molecular formula is C16H21NOS2. The second-order valence-electron chi connectivity index (χ2n) is 5.23. The minimum Gasteiger partial charge on any atom is -0.298 e. The lowest BCUT2D eigenvalue weighted by atomic mass is 9.99. The van der Waals surface area contributed by atoms with Crippen LogP contribution in [0.25, 0.3) is 10.2 Å². The summed E-state index contributed by atoms with van der Waals surface area (Å²) in [6.07, 6.45) is 6.07. The third-order valence-electron chi connectivity index (χ3n) is 3.69. The van der Waals surface area contributed by atoms with E-state index in [1.54, 1.807) is 11.3 Å². The first-order valence-electron chi connectivity index (χ1n) is 7.19. The fourth-order valence-corrected chi connectivity index (χ4v) is 3.56. The van der Waals surface area contributed by atoms with Gasteiger partial charge in [-0.25, -0.2) is 4.98 Å². The Hall–Kier alpha value is -0.870. The summed E-state index contributed by atoms with van der Waals surface area (Å²) in [6.45, 7) is 2.15. The lowest BCUT2D eigenvalue weighted by Gasteiger charge is -2.19. The fraction of sp³-hybridized carbons (Fsp3) is 0.500. The van der Waals surface area contributed by atoms with Gasteiger partial charge in [-0.05, 0) is 31.4 Å². The molecule has 3 rings (SSSR count). The van der Waals surface area contributed by atoms with Gasteiger partial charge >= 0.3 is 0 Å².